The first-order valence-electron chi connectivity index (χ1n) is 15.3. The van der Waals surface area contributed by atoms with E-state index >= 15 is 0 Å². The van der Waals surface area contributed by atoms with Crippen LogP contribution in [0, 0.1) is 0 Å². The van der Waals surface area contributed by atoms with Gasteiger partial charge in [-0.05, 0) is 36.8 Å². The van der Waals surface area contributed by atoms with E-state index in [0.29, 0.717) is 39.4 Å². The molecule has 11 nitrogen and oxygen atoms in total. The molecule has 0 radical (unpaired) electrons. The van der Waals surface area contributed by atoms with Gasteiger partial charge in [0.1, 0.15) is 12.6 Å². The maximum absolute atomic E-state index is 13.6. The second kappa shape index (κ2) is 21.5. The summed E-state index contributed by atoms with van der Waals surface area (Å²) in [6.45, 7) is 0.526. The van der Waals surface area contributed by atoms with Crippen LogP contribution in [-0.2, 0) is 40.3 Å². The van der Waals surface area contributed by atoms with Crippen LogP contribution < -0.4 is 16.0 Å². The van der Waals surface area contributed by atoms with Crippen molar-refractivity contribution in [3.8, 4) is 0 Å². The van der Waals surface area contributed by atoms with E-state index in [9.17, 15) is 18.8 Å². The maximum Gasteiger partial charge on any atom is 0.407 e. The molecule has 0 aliphatic carbocycles. The van der Waals surface area contributed by atoms with Gasteiger partial charge >= 0.3 is 12.1 Å². The van der Waals surface area contributed by atoms with Crippen molar-refractivity contribution in [3.05, 3.63) is 105 Å². The molecular formula is C34H43FN6O5S2. The summed E-state index contributed by atoms with van der Waals surface area (Å²) >= 11 is 2.88. The van der Waals surface area contributed by atoms with Crippen molar-refractivity contribution < 1.29 is 28.2 Å². The van der Waals surface area contributed by atoms with E-state index in [2.05, 4.69) is 25.9 Å². The van der Waals surface area contributed by atoms with Crippen molar-refractivity contribution in [2.75, 3.05) is 27.9 Å². The monoisotopic (exact) mass is 698 g/mol. The van der Waals surface area contributed by atoms with E-state index in [1.165, 1.54) is 34.7 Å². The minimum atomic E-state index is -0.903. The summed E-state index contributed by atoms with van der Waals surface area (Å²) in [6.07, 6.45) is 5.17. The lowest BCUT2D eigenvalue weighted by atomic mass is 9.96. The lowest BCUT2D eigenvalue weighted by Crippen LogP contribution is -2.54. The first-order valence-corrected chi connectivity index (χ1v) is 17.1. The Kier molecular flexibility index (Phi) is 17.0. The Bertz CT molecular complexity index is 1470. The number of carbonyl (C=O) groups is 3. The number of benzene rings is 2. The molecule has 0 bridgehead atoms. The molecule has 0 saturated carbocycles. The predicted molar refractivity (Wildman–Crippen MR) is 185 cm³/mol. The number of rotatable bonds is 17. The third kappa shape index (κ3) is 13.8. The fraction of sp³-hybridized carbons (Fsp3) is 0.382. The molecule has 0 unspecified atom stereocenters. The van der Waals surface area contributed by atoms with Crippen molar-refractivity contribution in [1.29, 1.82) is 0 Å². The molecule has 0 aliphatic rings. The summed E-state index contributed by atoms with van der Waals surface area (Å²) in [5.41, 5.74) is 5.53. The van der Waals surface area contributed by atoms with Crippen LogP contribution in [0.2, 0.25) is 0 Å². The van der Waals surface area contributed by atoms with Gasteiger partial charge in [-0.25, -0.2) is 9.59 Å². The number of hydrogen-bond donors (Lipinski definition) is 3. The largest absolute Gasteiger partial charge is 0.444 e. The van der Waals surface area contributed by atoms with Gasteiger partial charge in [0.2, 0.25) is 5.91 Å². The highest BCUT2D eigenvalue weighted by Crippen LogP contribution is 2.15. The lowest BCUT2D eigenvalue weighted by molar-refractivity contribution is -0.125. The van der Waals surface area contributed by atoms with Gasteiger partial charge in [-0.1, -0.05) is 60.7 Å². The number of aromatic nitrogens is 2. The van der Waals surface area contributed by atoms with Gasteiger partial charge in [-0.2, -0.15) is 0 Å². The SMILES string of the molecule is CF.COC[C@H](NC(=O)N(C)Cc1cncs1)C(=O)N[C@H](CC[C@H](Cc1ccccc1)NC(=O)OCc1cncs1)Cc1ccccc1. The van der Waals surface area contributed by atoms with Crippen molar-refractivity contribution in [2.45, 2.75) is 57.0 Å². The molecule has 0 spiro atoms. The quantitative estimate of drug-likeness (QED) is 0.135. The molecule has 2 aromatic heterocycles. The summed E-state index contributed by atoms with van der Waals surface area (Å²) in [4.78, 5) is 50.7. The molecule has 4 amide bonds. The molecule has 3 N–H and O–H groups in total. The second-order valence-electron chi connectivity index (χ2n) is 10.8. The zero-order valence-corrected chi connectivity index (χ0v) is 29.0. The van der Waals surface area contributed by atoms with Gasteiger partial charge in [0, 0.05) is 43.5 Å². The fourth-order valence-electron chi connectivity index (χ4n) is 4.84. The van der Waals surface area contributed by atoms with E-state index in [4.69, 9.17) is 9.47 Å². The summed E-state index contributed by atoms with van der Waals surface area (Å²) in [7, 11) is 3.65. The highest BCUT2D eigenvalue weighted by Gasteiger charge is 2.26. The molecule has 0 saturated heterocycles. The number of hydrogen-bond acceptors (Lipinski definition) is 9. The van der Waals surface area contributed by atoms with E-state index < -0.39 is 18.2 Å². The van der Waals surface area contributed by atoms with Crippen molar-refractivity contribution >= 4 is 40.7 Å². The normalized spacial score (nSPS) is 12.4. The number of carbonyl (C=O) groups excluding carboxylic acids is 3. The molecule has 2 heterocycles. The molecule has 3 atom stereocenters. The van der Waals surface area contributed by atoms with Crippen molar-refractivity contribution in [3.63, 3.8) is 0 Å². The van der Waals surface area contributed by atoms with Gasteiger partial charge in [-0.15, -0.1) is 22.7 Å². The van der Waals surface area contributed by atoms with E-state index in [-0.39, 0.29) is 31.2 Å². The Morgan fingerprint density at radius 2 is 1.35 bits per heavy atom. The highest BCUT2D eigenvalue weighted by molar-refractivity contribution is 7.09. The number of thiazole rings is 2. The Labute approximate surface area is 288 Å². The van der Waals surface area contributed by atoms with Gasteiger partial charge < -0.3 is 30.3 Å². The Hall–Kier alpha value is -4.40. The highest BCUT2D eigenvalue weighted by atomic mass is 32.1. The van der Waals surface area contributed by atoms with Gasteiger partial charge in [0.25, 0.3) is 0 Å². The summed E-state index contributed by atoms with van der Waals surface area (Å²) in [6, 6.07) is 18.0. The van der Waals surface area contributed by atoms with Crippen LogP contribution >= 0.6 is 22.7 Å². The zero-order chi connectivity index (χ0) is 34.6. The molecule has 4 rings (SSSR count). The minimum absolute atomic E-state index is 0.00775. The summed E-state index contributed by atoms with van der Waals surface area (Å²) in [5.74, 6) is -0.348. The molecule has 14 heteroatoms. The van der Waals surface area contributed by atoms with Crippen LogP contribution in [0.5, 0.6) is 0 Å². The van der Waals surface area contributed by atoms with Gasteiger partial charge in [0.15, 0.2) is 0 Å². The Morgan fingerprint density at radius 3 is 1.88 bits per heavy atom. The molecule has 48 heavy (non-hydrogen) atoms. The van der Waals surface area contributed by atoms with Crippen LogP contribution in [0.1, 0.15) is 33.7 Å². The average Bonchev–Trinajstić information content (AvgIpc) is 3.83. The smallest absolute Gasteiger partial charge is 0.407 e. The van der Waals surface area contributed by atoms with Gasteiger partial charge in [-0.3, -0.25) is 19.2 Å². The van der Waals surface area contributed by atoms with Crippen LogP contribution in [0.3, 0.4) is 0 Å². The van der Waals surface area contributed by atoms with E-state index in [0.717, 1.165) is 20.9 Å². The lowest BCUT2D eigenvalue weighted by Gasteiger charge is -2.27. The molecule has 258 valence electrons. The number of ether oxygens (including phenoxy) is 2. The zero-order valence-electron chi connectivity index (χ0n) is 27.3. The standard InChI is InChI=1S/C33H40N6O5S2.CH3F/c1-39(19-28-17-34-22-45-28)32(41)38-30(21-43-2)31(40)36-26(15-24-9-5-3-6-10-24)13-14-27(16-25-11-7-4-8-12-25)37-33(42)44-20-29-18-35-23-46-29;1-2/h3-12,17-18,22-23,26-27,30H,13-16,19-21H2,1-2H3,(H,36,40)(H,37,42)(H,38,41);1H3/t26-,27-,30+;/m1./s1. The Morgan fingerprint density at radius 1 is 0.812 bits per heavy atom. The third-order valence-electron chi connectivity index (χ3n) is 7.18. The minimum Gasteiger partial charge on any atom is -0.444 e. The molecule has 2 aromatic carbocycles. The van der Waals surface area contributed by atoms with E-state index in [1.807, 2.05) is 60.7 Å². The number of nitrogens with one attached hydrogen (secondary N) is 3. The van der Waals surface area contributed by atoms with Crippen LogP contribution in [-0.4, -0.2) is 79.0 Å². The Balaban J connectivity index is 0.00000307. The second-order valence-corrected chi connectivity index (χ2v) is 12.8. The fourth-order valence-corrected chi connectivity index (χ4v) is 6.00. The number of halogens is 1. The number of methoxy groups -OCH3 is 1. The number of alkyl halides is 1. The summed E-state index contributed by atoms with van der Waals surface area (Å²) in [5, 5.41) is 8.98. The first kappa shape index (κ1) is 38.1. The van der Waals surface area contributed by atoms with Crippen LogP contribution in [0.4, 0.5) is 14.0 Å². The molecule has 0 aliphatic heterocycles. The molecular weight excluding hydrogens is 656 g/mol. The van der Waals surface area contributed by atoms with Crippen molar-refractivity contribution in [1.82, 2.24) is 30.8 Å². The van der Waals surface area contributed by atoms with Gasteiger partial charge in [0.05, 0.1) is 36.2 Å². The van der Waals surface area contributed by atoms with Crippen LogP contribution in [0.15, 0.2) is 84.1 Å². The van der Waals surface area contributed by atoms with Crippen molar-refractivity contribution in [2.24, 2.45) is 0 Å². The van der Waals surface area contributed by atoms with E-state index in [1.54, 1.807) is 30.5 Å². The average molecular weight is 699 g/mol. The number of nitrogens with zero attached hydrogens (tertiary/aromatic N) is 3. The number of urea groups is 1. The number of amides is 4. The topological polar surface area (TPSA) is 135 Å². The first-order chi connectivity index (χ1) is 23.4. The molecule has 0 fully saturated rings. The third-order valence-corrected chi connectivity index (χ3v) is 8.70. The predicted octanol–water partition coefficient (Wildman–Crippen LogP) is 5.39. The number of alkyl carbamates (subject to hydrolysis) is 1. The molecule has 4 aromatic rings. The summed E-state index contributed by atoms with van der Waals surface area (Å²) < 4.78 is 20.3. The maximum atomic E-state index is 13.6. The van der Waals surface area contributed by atoms with Crippen LogP contribution in [0.25, 0.3) is 0 Å².